The summed E-state index contributed by atoms with van der Waals surface area (Å²) in [6, 6.07) is 3.82. The Morgan fingerprint density at radius 3 is 2.42 bits per heavy atom. The highest BCUT2D eigenvalue weighted by Crippen LogP contribution is 2.27. The molecule has 2 heterocycles. The summed E-state index contributed by atoms with van der Waals surface area (Å²) in [7, 11) is 0. The summed E-state index contributed by atoms with van der Waals surface area (Å²) < 4.78 is 0. The van der Waals surface area contributed by atoms with E-state index in [0.29, 0.717) is 22.2 Å². The summed E-state index contributed by atoms with van der Waals surface area (Å²) in [6.45, 7) is 5.84. The topological polar surface area (TPSA) is 58.1 Å². The lowest BCUT2D eigenvalue weighted by Crippen LogP contribution is -2.31. The van der Waals surface area contributed by atoms with Crippen molar-refractivity contribution >= 4 is 29.1 Å². The van der Waals surface area contributed by atoms with Crippen molar-refractivity contribution in [2.24, 2.45) is 0 Å². The Hall–Kier alpha value is -2.14. The lowest BCUT2D eigenvalue weighted by atomic mass is 10.1. The van der Waals surface area contributed by atoms with E-state index in [1.54, 1.807) is 12.4 Å². The molecule has 1 amide bonds. The van der Waals surface area contributed by atoms with Crippen LogP contribution in [0.25, 0.3) is 0 Å². The molecule has 24 heavy (non-hydrogen) atoms. The fourth-order valence-electron chi connectivity index (χ4n) is 2.96. The molecule has 0 saturated carbocycles. The molecule has 1 aromatic carbocycles. The first-order valence-corrected chi connectivity index (χ1v) is 8.57. The molecule has 0 radical (unpaired) electrons. The number of amides is 1. The van der Waals surface area contributed by atoms with Gasteiger partial charge in [0.15, 0.2) is 0 Å². The van der Waals surface area contributed by atoms with Crippen LogP contribution in [-0.2, 0) is 0 Å². The largest absolute Gasteiger partial charge is 0.341 e. The normalized spacial score (nSPS) is 14.5. The third-order valence-corrected chi connectivity index (χ3v) is 4.51. The van der Waals surface area contributed by atoms with Crippen LogP contribution >= 0.6 is 11.6 Å². The zero-order chi connectivity index (χ0) is 17.1. The highest BCUT2D eigenvalue weighted by molar-refractivity contribution is 6.34. The standard InChI is InChI=1S/C18H21ClN4O/c1-12-8-13(2)16(15(19)9-12)22-17(24)14-10-20-18(21-11-14)23-6-4-3-5-7-23/h8-11H,3-7H2,1-2H3,(H,22,24). The van der Waals surface area contributed by atoms with E-state index in [2.05, 4.69) is 20.2 Å². The number of aromatic nitrogens is 2. The van der Waals surface area contributed by atoms with Crippen molar-refractivity contribution in [3.05, 3.63) is 46.2 Å². The fraction of sp³-hybridized carbons (Fsp3) is 0.389. The smallest absolute Gasteiger partial charge is 0.258 e. The number of nitrogens with one attached hydrogen (secondary N) is 1. The molecule has 3 rings (SSSR count). The average molecular weight is 345 g/mol. The van der Waals surface area contributed by atoms with Crippen LogP contribution in [0, 0.1) is 13.8 Å². The van der Waals surface area contributed by atoms with Gasteiger partial charge >= 0.3 is 0 Å². The first-order valence-electron chi connectivity index (χ1n) is 8.19. The van der Waals surface area contributed by atoms with Crippen LogP contribution in [0.5, 0.6) is 0 Å². The van der Waals surface area contributed by atoms with Gasteiger partial charge < -0.3 is 10.2 Å². The summed E-state index contributed by atoms with van der Waals surface area (Å²) >= 11 is 6.24. The van der Waals surface area contributed by atoms with Crippen LogP contribution in [0.15, 0.2) is 24.5 Å². The first kappa shape index (κ1) is 16.7. The molecule has 0 bridgehead atoms. The Morgan fingerprint density at radius 1 is 1.12 bits per heavy atom. The second-order valence-electron chi connectivity index (χ2n) is 6.21. The van der Waals surface area contributed by atoms with Gasteiger partial charge in [0, 0.05) is 25.5 Å². The molecule has 1 N–H and O–H groups in total. The van der Waals surface area contributed by atoms with E-state index in [4.69, 9.17) is 11.6 Å². The average Bonchev–Trinajstić information content (AvgIpc) is 2.59. The number of anilines is 2. The third-order valence-electron chi connectivity index (χ3n) is 4.21. The maximum absolute atomic E-state index is 12.4. The summed E-state index contributed by atoms with van der Waals surface area (Å²) in [4.78, 5) is 23.3. The van der Waals surface area contributed by atoms with Gasteiger partial charge in [-0.25, -0.2) is 9.97 Å². The molecule has 0 aliphatic carbocycles. The lowest BCUT2D eigenvalue weighted by molar-refractivity contribution is 0.102. The molecule has 1 fully saturated rings. The number of halogens is 1. The molecule has 126 valence electrons. The number of aryl methyl sites for hydroxylation is 2. The number of carbonyl (C=O) groups excluding carboxylic acids is 1. The molecule has 5 nitrogen and oxygen atoms in total. The van der Waals surface area contributed by atoms with E-state index >= 15 is 0 Å². The van der Waals surface area contributed by atoms with Gasteiger partial charge in [-0.2, -0.15) is 0 Å². The molecule has 1 aliphatic heterocycles. The van der Waals surface area contributed by atoms with Gasteiger partial charge in [-0.1, -0.05) is 17.7 Å². The van der Waals surface area contributed by atoms with E-state index in [9.17, 15) is 4.79 Å². The molecule has 1 saturated heterocycles. The van der Waals surface area contributed by atoms with Gasteiger partial charge in [-0.3, -0.25) is 4.79 Å². The minimum atomic E-state index is -0.256. The number of rotatable bonds is 3. The summed E-state index contributed by atoms with van der Waals surface area (Å²) in [6.07, 6.45) is 6.73. The molecule has 0 spiro atoms. The van der Waals surface area contributed by atoms with Crippen molar-refractivity contribution in [3.8, 4) is 0 Å². The third kappa shape index (κ3) is 3.67. The van der Waals surface area contributed by atoms with Crippen LogP contribution in [0.3, 0.4) is 0 Å². The van der Waals surface area contributed by atoms with Crippen LogP contribution < -0.4 is 10.2 Å². The maximum atomic E-state index is 12.4. The Morgan fingerprint density at radius 2 is 1.79 bits per heavy atom. The highest BCUT2D eigenvalue weighted by Gasteiger charge is 2.15. The van der Waals surface area contributed by atoms with Crippen molar-refractivity contribution in [2.75, 3.05) is 23.3 Å². The van der Waals surface area contributed by atoms with E-state index in [-0.39, 0.29) is 5.91 Å². The minimum Gasteiger partial charge on any atom is -0.341 e. The van der Waals surface area contributed by atoms with E-state index in [1.807, 2.05) is 26.0 Å². The van der Waals surface area contributed by atoms with Gasteiger partial charge in [-0.15, -0.1) is 0 Å². The highest BCUT2D eigenvalue weighted by atomic mass is 35.5. The molecular weight excluding hydrogens is 324 g/mol. The Labute approximate surface area is 147 Å². The number of nitrogens with zero attached hydrogens (tertiary/aromatic N) is 3. The Balaban J connectivity index is 1.73. The van der Waals surface area contributed by atoms with Crippen LogP contribution in [-0.4, -0.2) is 29.0 Å². The molecule has 0 unspecified atom stereocenters. The van der Waals surface area contributed by atoms with Crippen molar-refractivity contribution in [3.63, 3.8) is 0 Å². The summed E-state index contributed by atoms with van der Waals surface area (Å²) in [5, 5.41) is 3.39. The van der Waals surface area contributed by atoms with Crippen molar-refractivity contribution in [1.82, 2.24) is 9.97 Å². The predicted octanol–water partition coefficient (Wildman–Crippen LogP) is 3.99. The first-order chi connectivity index (χ1) is 11.5. The van der Waals surface area contributed by atoms with Crippen LogP contribution in [0.4, 0.5) is 11.6 Å². The molecule has 1 aromatic heterocycles. The van der Waals surface area contributed by atoms with Gasteiger partial charge in [0.05, 0.1) is 16.3 Å². The Bertz CT molecular complexity index is 716. The second kappa shape index (κ2) is 7.18. The zero-order valence-corrected chi connectivity index (χ0v) is 14.7. The van der Waals surface area contributed by atoms with Crippen LogP contribution in [0.2, 0.25) is 5.02 Å². The van der Waals surface area contributed by atoms with E-state index < -0.39 is 0 Å². The predicted molar refractivity (Wildman–Crippen MR) is 97.0 cm³/mol. The van der Waals surface area contributed by atoms with Crippen molar-refractivity contribution < 1.29 is 4.79 Å². The zero-order valence-electron chi connectivity index (χ0n) is 14.0. The fourth-order valence-corrected chi connectivity index (χ4v) is 3.32. The number of piperidine rings is 1. The van der Waals surface area contributed by atoms with Crippen LogP contribution in [0.1, 0.15) is 40.7 Å². The molecule has 2 aromatic rings. The summed E-state index contributed by atoms with van der Waals surface area (Å²) in [5.74, 6) is 0.435. The maximum Gasteiger partial charge on any atom is 0.258 e. The van der Waals surface area contributed by atoms with Gasteiger partial charge in [0.2, 0.25) is 5.95 Å². The molecule has 0 atom stereocenters. The molecule has 1 aliphatic rings. The lowest BCUT2D eigenvalue weighted by Gasteiger charge is -2.26. The van der Waals surface area contributed by atoms with E-state index in [0.717, 1.165) is 37.1 Å². The van der Waals surface area contributed by atoms with Gasteiger partial charge in [0.25, 0.3) is 5.91 Å². The monoisotopic (exact) mass is 344 g/mol. The SMILES string of the molecule is Cc1cc(C)c(NC(=O)c2cnc(N3CCCCC3)nc2)c(Cl)c1. The number of benzene rings is 1. The van der Waals surface area contributed by atoms with Gasteiger partial charge in [0.1, 0.15) is 0 Å². The van der Waals surface area contributed by atoms with Crippen molar-refractivity contribution in [2.45, 2.75) is 33.1 Å². The summed E-state index contributed by atoms with van der Waals surface area (Å²) in [5.41, 5.74) is 3.04. The molecule has 6 heteroatoms. The van der Waals surface area contributed by atoms with E-state index in [1.165, 1.54) is 6.42 Å². The Kier molecular flexibility index (Phi) is 5.00. The van der Waals surface area contributed by atoms with Crippen molar-refractivity contribution in [1.29, 1.82) is 0 Å². The number of hydrogen-bond acceptors (Lipinski definition) is 4. The number of hydrogen-bond donors (Lipinski definition) is 1. The number of carbonyl (C=O) groups is 1. The minimum absolute atomic E-state index is 0.256. The molecular formula is C18H21ClN4O. The quantitative estimate of drug-likeness (QED) is 0.914. The second-order valence-corrected chi connectivity index (χ2v) is 6.62. The van der Waals surface area contributed by atoms with Gasteiger partial charge in [-0.05, 0) is 50.3 Å².